The van der Waals surface area contributed by atoms with E-state index in [1.807, 2.05) is 12.1 Å². The van der Waals surface area contributed by atoms with Crippen molar-refractivity contribution in [1.82, 2.24) is 9.88 Å². The maximum atomic E-state index is 8.85. The first-order chi connectivity index (χ1) is 10.3. The predicted molar refractivity (Wildman–Crippen MR) is 83.1 cm³/mol. The van der Waals surface area contributed by atoms with Gasteiger partial charge in [0.1, 0.15) is 0 Å². The Morgan fingerprint density at radius 2 is 2.14 bits per heavy atom. The van der Waals surface area contributed by atoms with Crippen molar-refractivity contribution < 1.29 is 9.84 Å². The number of para-hydroxylation sites is 1. The minimum Gasteiger partial charge on any atom is -0.394 e. The molecule has 1 aliphatic heterocycles. The van der Waals surface area contributed by atoms with E-state index in [-0.39, 0.29) is 12.7 Å². The lowest BCUT2D eigenvalue weighted by atomic mass is 10.1. The lowest BCUT2D eigenvalue weighted by Crippen LogP contribution is -2.39. The first-order valence-electron chi connectivity index (χ1n) is 7.64. The van der Waals surface area contributed by atoms with Gasteiger partial charge in [-0.1, -0.05) is 24.3 Å². The predicted octanol–water partition coefficient (Wildman–Crippen LogP) is 2.21. The Balaban J connectivity index is 1.64. The Hall–Kier alpha value is -1.49. The molecule has 0 radical (unpaired) electrons. The van der Waals surface area contributed by atoms with Crippen LogP contribution in [-0.4, -0.2) is 47.4 Å². The van der Waals surface area contributed by atoms with Crippen LogP contribution in [0.3, 0.4) is 0 Å². The third-order valence-corrected chi connectivity index (χ3v) is 3.95. The second kappa shape index (κ2) is 6.98. The molecular formula is C17H22N2O2. The first-order valence-corrected chi connectivity index (χ1v) is 7.64. The van der Waals surface area contributed by atoms with Crippen LogP contribution in [0.25, 0.3) is 10.9 Å². The van der Waals surface area contributed by atoms with E-state index >= 15 is 0 Å². The third-order valence-electron chi connectivity index (χ3n) is 3.95. The van der Waals surface area contributed by atoms with E-state index in [9.17, 15) is 0 Å². The number of piperidine rings is 1. The quantitative estimate of drug-likeness (QED) is 0.915. The van der Waals surface area contributed by atoms with Crippen LogP contribution in [0.4, 0.5) is 0 Å². The molecule has 112 valence electrons. The van der Waals surface area contributed by atoms with Gasteiger partial charge < -0.3 is 9.84 Å². The Morgan fingerprint density at radius 1 is 1.24 bits per heavy atom. The van der Waals surface area contributed by atoms with Crippen LogP contribution in [0, 0.1) is 0 Å². The van der Waals surface area contributed by atoms with E-state index in [0.29, 0.717) is 6.61 Å². The highest BCUT2D eigenvalue weighted by atomic mass is 16.5. The highest BCUT2D eigenvalue weighted by Crippen LogP contribution is 2.17. The summed E-state index contributed by atoms with van der Waals surface area (Å²) in [5.41, 5.74) is 2.16. The van der Waals surface area contributed by atoms with E-state index in [1.54, 1.807) is 0 Å². The van der Waals surface area contributed by atoms with Gasteiger partial charge in [-0.2, -0.15) is 0 Å². The van der Waals surface area contributed by atoms with Crippen LogP contribution >= 0.6 is 0 Å². The van der Waals surface area contributed by atoms with Crippen LogP contribution in [0.5, 0.6) is 0 Å². The minimum atomic E-state index is 0.0999. The number of hydrogen-bond donors (Lipinski definition) is 1. The highest BCUT2D eigenvalue weighted by molar-refractivity contribution is 5.78. The van der Waals surface area contributed by atoms with Crippen LogP contribution in [0.1, 0.15) is 18.5 Å². The zero-order chi connectivity index (χ0) is 14.5. The summed E-state index contributed by atoms with van der Waals surface area (Å²) < 4.78 is 5.66. The maximum absolute atomic E-state index is 8.85. The molecule has 0 aliphatic carbocycles. The van der Waals surface area contributed by atoms with Crippen molar-refractivity contribution in [3.8, 4) is 0 Å². The van der Waals surface area contributed by atoms with Crippen LogP contribution in [0.2, 0.25) is 0 Å². The average molecular weight is 286 g/mol. The van der Waals surface area contributed by atoms with Gasteiger partial charge in [0.05, 0.1) is 30.5 Å². The molecule has 0 spiro atoms. The summed E-state index contributed by atoms with van der Waals surface area (Å²) in [7, 11) is 0. The molecule has 4 nitrogen and oxygen atoms in total. The van der Waals surface area contributed by atoms with Gasteiger partial charge in [-0.05, 0) is 31.5 Å². The fourth-order valence-electron chi connectivity index (χ4n) is 2.94. The molecule has 4 heteroatoms. The lowest BCUT2D eigenvalue weighted by Gasteiger charge is -2.32. The van der Waals surface area contributed by atoms with E-state index in [4.69, 9.17) is 14.8 Å². The largest absolute Gasteiger partial charge is 0.394 e. The van der Waals surface area contributed by atoms with Crippen molar-refractivity contribution in [1.29, 1.82) is 0 Å². The minimum absolute atomic E-state index is 0.0999. The summed E-state index contributed by atoms with van der Waals surface area (Å²) in [4.78, 5) is 7.13. The Labute approximate surface area is 125 Å². The Kier molecular flexibility index (Phi) is 4.80. The zero-order valence-electron chi connectivity index (χ0n) is 12.2. The van der Waals surface area contributed by atoms with E-state index in [0.717, 1.165) is 43.7 Å². The summed E-state index contributed by atoms with van der Waals surface area (Å²) in [6, 6.07) is 12.5. The van der Waals surface area contributed by atoms with Gasteiger partial charge in [0.25, 0.3) is 0 Å². The second-order valence-corrected chi connectivity index (χ2v) is 5.59. The second-order valence-electron chi connectivity index (χ2n) is 5.59. The molecule has 3 rings (SSSR count). The topological polar surface area (TPSA) is 45.6 Å². The SMILES string of the molecule is OCCO[C@H]1CCCN(Cc2ccc3ccccc3n2)C1. The monoisotopic (exact) mass is 286 g/mol. The number of hydrogen-bond acceptors (Lipinski definition) is 4. The molecule has 0 saturated carbocycles. The summed E-state index contributed by atoms with van der Waals surface area (Å²) in [6.45, 7) is 3.42. The molecule has 1 aliphatic rings. The van der Waals surface area contributed by atoms with E-state index < -0.39 is 0 Å². The molecule has 21 heavy (non-hydrogen) atoms. The van der Waals surface area contributed by atoms with Gasteiger partial charge in [0.15, 0.2) is 0 Å². The van der Waals surface area contributed by atoms with Crippen LogP contribution in [0.15, 0.2) is 36.4 Å². The zero-order valence-corrected chi connectivity index (χ0v) is 12.2. The standard InChI is InChI=1S/C17H22N2O2/c20-10-11-21-16-5-3-9-19(13-16)12-15-8-7-14-4-1-2-6-17(14)18-15/h1-2,4,6-8,16,20H,3,5,9-13H2/t16-/m0/s1. The first kappa shape index (κ1) is 14.4. The molecule has 1 atom stereocenters. The summed E-state index contributed by atoms with van der Waals surface area (Å²) in [5.74, 6) is 0. The fourth-order valence-corrected chi connectivity index (χ4v) is 2.94. The van der Waals surface area contributed by atoms with E-state index in [2.05, 4.69) is 29.2 Å². The van der Waals surface area contributed by atoms with Crippen molar-refractivity contribution in [2.24, 2.45) is 0 Å². The number of aliphatic hydroxyl groups excluding tert-OH is 1. The summed E-state index contributed by atoms with van der Waals surface area (Å²) >= 11 is 0. The molecule has 1 fully saturated rings. The van der Waals surface area contributed by atoms with Gasteiger partial charge in [-0.25, -0.2) is 0 Å². The third kappa shape index (κ3) is 3.79. The molecule has 2 heterocycles. The smallest absolute Gasteiger partial charge is 0.0705 e. The van der Waals surface area contributed by atoms with Crippen molar-refractivity contribution in [2.75, 3.05) is 26.3 Å². The van der Waals surface area contributed by atoms with Crippen LogP contribution < -0.4 is 0 Å². The van der Waals surface area contributed by atoms with Crippen molar-refractivity contribution in [2.45, 2.75) is 25.5 Å². The maximum Gasteiger partial charge on any atom is 0.0705 e. The van der Waals surface area contributed by atoms with Crippen LogP contribution in [-0.2, 0) is 11.3 Å². The molecular weight excluding hydrogens is 264 g/mol. The van der Waals surface area contributed by atoms with Gasteiger partial charge in [-0.15, -0.1) is 0 Å². The average Bonchev–Trinajstić information content (AvgIpc) is 2.53. The molecule has 1 saturated heterocycles. The molecule has 0 amide bonds. The fraction of sp³-hybridized carbons (Fsp3) is 0.471. The number of nitrogens with zero attached hydrogens (tertiary/aromatic N) is 2. The number of fused-ring (bicyclic) bond motifs is 1. The highest BCUT2D eigenvalue weighted by Gasteiger charge is 2.20. The number of aromatic nitrogens is 1. The molecule has 0 bridgehead atoms. The van der Waals surface area contributed by atoms with Gasteiger partial charge >= 0.3 is 0 Å². The van der Waals surface area contributed by atoms with Crippen molar-refractivity contribution >= 4 is 10.9 Å². The van der Waals surface area contributed by atoms with Crippen molar-refractivity contribution in [3.63, 3.8) is 0 Å². The van der Waals surface area contributed by atoms with Gasteiger partial charge in [0.2, 0.25) is 0 Å². The van der Waals surface area contributed by atoms with Gasteiger partial charge in [0, 0.05) is 18.5 Å². The number of likely N-dealkylation sites (tertiary alicyclic amines) is 1. The normalized spacial score (nSPS) is 20.0. The Morgan fingerprint density at radius 3 is 3.05 bits per heavy atom. The number of aliphatic hydroxyl groups is 1. The molecule has 1 N–H and O–H groups in total. The summed E-state index contributed by atoms with van der Waals surface area (Å²) in [5, 5.41) is 10.0. The molecule has 2 aromatic rings. The van der Waals surface area contributed by atoms with Gasteiger partial charge in [-0.3, -0.25) is 9.88 Å². The number of pyridine rings is 1. The lowest BCUT2D eigenvalue weighted by molar-refractivity contribution is -0.0165. The summed E-state index contributed by atoms with van der Waals surface area (Å²) in [6.07, 6.45) is 2.47. The van der Waals surface area contributed by atoms with Crippen molar-refractivity contribution in [3.05, 3.63) is 42.1 Å². The molecule has 1 aromatic heterocycles. The number of ether oxygens (including phenoxy) is 1. The van der Waals surface area contributed by atoms with E-state index in [1.165, 1.54) is 5.39 Å². The molecule has 1 aromatic carbocycles. The number of rotatable bonds is 5. The Bertz CT molecular complexity index is 588. The molecule has 0 unspecified atom stereocenters. The number of benzene rings is 1.